The van der Waals surface area contributed by atoms with E-state index in [-0.39, 0.29) is 6.04 Å². The van der Waals surface area contributed by atoms with E-state index in [1.54, 1.807) is 0 Å². The summed E-state index contributed by atoms with van der Waals surface area (Å²) in [5.74, 6) is 1.71. The largest absolute Gasteiger partial charge is 0.493 e. The van der Waals surface area contributed by atoms with Crippen molar-refractivity contribution >= 4 is 0 Å². The molecule has 1 aromatic rings. The van der Waals surface area contributed by atoms with Gasteiger partial charge in [0, 0.05) is 12.6 Å². The van der Waals surface area contributed by atoms with Crippen LogP contribution >= 0.6 is 0 Å². The maximum Gasteiger partial charge on any atom is 0.119 e. The second-order valence-corrected chi connectivity index (χ2v) is 4.17. The van der Waals surface area contributed by atoms with Gasteiger partial charge in [0.25, 0.3) is 0 Å². The smallest absolute Gasteiger partial charge is 0.119 e. The van der Waals surface area contributed by atoms with Crippen LogP contribution in [-0.2, 0) is 0 Å². The summed E-state index contributed by atoms with van der Waals surface area (Å²) in [4.78, 5) is 0. The van der Waals surface area contributed by atoms with E-state index in [0.717, 1.165) is 23.8 Å². The summed E-state index contributed by atoms with van der Waals surface area (Å²) in [5.41, 5.74) is 12.4. The van der Waals surface area contributed by atoms with E-state index in [2.05, 4.69) is 0 Å². The third kappa shape index (κ3) is 2.94. The van der Waals surface area contributed by atoms with Gasteiger partial charge in [-0.15, -0.1) is 0 Å². The van der Waals surface area contributed by atoms with E-state index in [9.17, 15) is 0 Å². The Morgan fingerprint density at radius 3 is 2.47 bits per heavy atom. The molecular weight excluding hydrogens is 188 g/mol. The second kappa shape index (κ2) is 4.64. The highest BCUT2D eigenvalue weighted by Gasteiger charge is 2.21. The molecule has 1 aliphatic carbocycles. The van der Waals surface area contributed by atoms with Crippen LogP contribution in [0.15, 0.2) is 24.3 Å². The van der Waals surface area contributed by atoms with E-state index in [1.165, 1.54) is 12.8 Å². The Morgan fingerprint density at radius 1 is 1.27 bits per heavy atom. The maximum atomic E-state index is 5.81. The van der Waals surface area contributed by atoms with Crippen LogP contribution in [0, 0.1) is 5.92 Å². The van der Waals surface area contributed by atoms with Crippen molar-refractivity contribution in [3.05, 3.63) is 29.8 Å². The lowest BCUT2D eigenvalue weighted by Gasteiger charge is -2.10. The molecule has 15 heavy (non-hydrogen) atoms. The van der Waals surface area contributed by atoms with E-state index in [1.807, 2.05) is 24.3 Å². The van der Waals surface area contributed by atoms with Gasteiger partial charge in [-0.3, -0.25) is 0 Å². The standard InChI is InChI=1S/C12H18N2O/c13-7-12(14)10-3-5-11(6-4-10)15-8-9-1-2-9/h3-6,9,12H,1-2,7-8,13-14H2. The second-order valence-electron chi connectivity index (χ2n) is 4.17. The van der Waals surface area contributed by atoms with Crippen molar-refractivity contribution < 1.29 is 4.74 Å². The summed E-state index contributed by atoms with van der Waals surface area (Å²) in [6.07, 6.45) is 2.63. The molecule has 0 radical (unpaired) electrons. The molecule has 0 bridgehead atoms. The lowest BCUT2D eigenvalue weighted by atomic mass is 10.1. The zero-order chi connectivity index (χ0) is 10.7. The minimum Gasteiger partial charge on any atom is -0.493 e. The quantitative estimate of drug-likeness (QED) is 0.766. The zero-order valence-electron chi connectivity index (χ0n) is 8.86. The van der Waals surface area contributed by atoms with Crippen molar-refractivity contribution in [3.8, 4) is 5.75 Å². The van der Waals surface area contributed by atoms with Gasteiger partial charge in [-0.25, -0.2) is 0 Å². The fourth-order valence-electron chi connectivity index (χ4n) is 1.45. The molecule has 1 atom stereocenters. The van der Waals surface area contributed by atoms with Gasteiger partial charge in [-0.2, -0.15) is 0 Å². The van der Waals surface area contributed by atoms with Crippen molar-refractivity contribution in [2.75, 3.05) is 13.2 Å². The topological polar surface area (TPSA) is 61.3 Å². The van der Waals surface area contributed by atoms with Crippen LogP contribution in [0.2, 0.25) is 0 Å². The van der Waals surface area contributed by atoms with Crippen LogP contribution in [0.3, 0.4) is 0 Å². The highest BCUT2D eigenvalue weighted by molar-refractivity contribution is 5.29. The number of nitrogens with two attached hydrogens (primary N) is 2. The molecule has 0 spiro atoms. The van der Waals surface area contributed by atoms with E-state index < -0.39 is 0 Å². The SMILES string of the molecule is NCC(N)c1ccc(OCC2CC2)cc1. The first-order valence-corrected chi connectivity index (χ1v) is 5.48. The molecule has 2 rings (SSSR count). The molecular formula is C12H18N2O. The van der Waals surface area contributed by atoms with Crippen LogP contribution in [-0.4, -0.2) is 13.2 Å². The Kier molecular flexibility index (Phi) is 3.23. The van der Waals surface area contributed by atoms with Crippen molar-refractivity contribution in [1.29, 1.82) is 0 Å². The first kappa shape index (κ1) is 10.5. The van der Waals surface area contributed by atoms with Gasteiger partial charge in [0.1, 0.15) is 5.75 Å². The molecule has 0 amide bonds. The molecule has 0 saturated heterocycles. The van der Waals surface area contributed by atoms with E-state index >= 15 is 0 Å². The molecule has 3 heteroatoms. The summed E-state index contributed by atoms with van der Waals surface area (Å²) < 4.78 is 5.63. The Labute approximate surface area is 90.4 Å². The summed E-state index contributed by atoms with van der Waals surface area (Å²) in [7, 11) is 0. The Bertz CT molecular complexity index is 306. The van der Waals surface area contributed by atoms with Crippen LogP contribution in [0.5, 0.6) is 5.75 Å². The Balaban J connectivity index is 1.90. The number of ether oxygens (including phenoxy) is 1. The highest BCUT2D eigenvalue weighted by Crippen LogP contribution is 2.29. The van der Waals surface area contributed by atoms with Crippen molar-refractivity contribution in [3.63, 3.8) is 0 Å². The number of rotatable bonds is 5. The van der Waals surface area contributed by atoms with Gasteiger partial charge in [-0.05, 0) is 36.5 Å². The predicted molar refractivity (Wildman–Crippen MR) is 60.6 cm³/mol. The van der Waals surface area contributed by atoms with Gasteiger partial charge in [0.2, 0.25) is 0 Å². The number of hydrogen-bond donors (Lipinski definition) is 2. The van der Waals surface area contributed by atoms with Crippen LogP contribution in [0.4, 0.5) is 0 Å². The fourth-order valence-corrected chi connectivity index (χ4v) is 1.45. The molecule has 1 aromatic carbocycles. The van der Waals surface area contributed by atoms with Crippen molar-refractivity contribution in [2.24, 2.45) is 17.4 Å². The summed E-state index contributed by atoms with van der Waals surface area (Å²) >= 11 is 0. The van der Waals surface area contributed by atoms with E-state index in [4.69, 9.17) is 16.2 Å². The molecule has 0 aromatic heterocycles. The molecule has 1 unspecified atom stereocenters. The highest BCUT2D eigenvalue weighted by atomic mass is 16.5. The molecule has 4 N–H and O–H groups in total. The third-order valence-electron chi connectivity index (χ3n) is 2.74. The van der Waals surface area contributed by atoms with Gasteiger partial charge in [-0.1, -0.05) is 12.1 Å². The average Bonchev–Trinajstić information content (AvgIpc) is 3.10. The van der Waals surface area contributed by atoms with Gasteiger partial charge >= 0.3 is 0 Å². The molecule has 1 fully saturated rings. The molecule has 1 saturated carbocycles. The first-order chi connectivity index (χ1) is 7.29. The normalized spacial score (nSPS) is 17.5. The minimum absolute atomic E-state index is 0.0671. The lowest BCUT2D eigenvalue weighted by molar-refractivity contribution is 0.299. The number of benzene rings is 1. The fraction of sp³-hybridized carbons (Fsp3) is 0.500. The maximum absolute atomic E-state index is 5.81. The summed E-state index contributed by atoms with van der Waals surface area (Å²) in [6, 6.07) is 7.84. The molecule has 1 aliphatic rings. The molecule has 0 heterocycles. The lowest BCUT2D eigenvalue weighted by Crippen LogP contribution is -2.20. The van der Waals surface area contributed by atoms with E-state index in [0.29, 0.717) is 6.54 Å². The summed E-state index contributed by atoms with van der Waals surface area (Å²) in [6.45, 7) is 1.32. The first-order valence-electron chi connectivity index (χ1n) is 5.48. The van der Waals surface area contributed by atoms with Crippen LogP contribution in [0.1, 0.15) is 24.4 Å². The van der Waals surface area contributed by atoms with Crippen LogP contribution in [0.25, 0.3) is 0 Å². The van der Waals surface area contributed by atoms with Gasteiger partial charge < -0.3 is 16.2 Å². The molecule has 0 aliphatic heterocycles. The van der Waals surface area contributed by atoms with Crippen LogP contribution < -0.4 is 16.2 Å². The summed E-state index contributed by atoms with van der Waals surface area (Å²) in [5, 5.41) is 0. The number of hydrogen-bond acceptors (Lipinski definition) is 3. The Hall–Kier alpha value is -1.06. The average molecular weight is 206 g/mol. The third-order valence-corrected chi connectivity index (χ3v) is 2.74. The molecule has 82 valence electrons. The minimum atomic E-state index is -0.0671. The zero-order valence-corrected chi connectivity index (χ0v) is 8.86. The van der Waals surface area contributed by atoms with Gasteiger partial charge in [0.05, 0.1) is 6.61 Å². The predicted octanol–water partition coefficient (Wildman–Crippen LogP) is 1.43. The van der Waals surface area contributed by atoms with Crippen molar-refractivity contribution in [2.45, 2.75) is 18.9 Å². The van der Waals surface area contributed by atoms with Gasteiger partial charge in [0.15, 0.2) is 0 Å². The molecule has 3 nitrogen and oxygen atoms in total. The Morgan fingerprint density at radius 2 is 1.93 bits per heavy atom. The monoisotopic (exact) mass is 206 g/mol. The van der Waals surface area contributed by atoms with Crippen molar-refractivity contribution in [1.82, 2.24) is 0 Å².